The Balaban J connectivity index is 1.49. The van der Waals surface area contributed by atoms with Gasteiger partial charge in [-0.05, 0) is 24.3 Å². The fourth-order valence-corrected chi connectivity index (χ4v) is 3.34. The van der Waals surface area contributed by atoms with Crippen LogP contribution in [-0.4, -0.2) is 41.3 Å². The van der Waals surface area contributed by atoms with Gasteiger partial charge in [-0.15, -0.1) is 11.3 Å². The maximum atomic E-state index is 5.34. The first kappa shape index (κ1) is 14.3. The maximum absolute atomic E-state index is 5.34. The first-order valence-corrected chi connectivity index (χ1v) is 8.38. The zero-order valence-electron chi connectivity index (χ0n) is 12.6. The Kier molecular flexibility index (Phi) is 4.00. The number of ether oxygens (including phenoxy) is 1. The van der Waals surface area contributed by atoms with Crippen molar-refractivity contribution in [3.8, 4) is 0 Å². The summed E-state index contributed by atoms with van der Waals surface area (Å²) in [6.45, 7) is 3.17. The lowest BCUT2D eigenvalue weighted by molar-refractivity contribution is 0.122. The van der Waals surface area contributed by atoms with E-state index in [1.165, 1.54) is 4.70 Å². The van der Waals surface area contributed by atoms with E-state index in [0.717, 1.165) is 48.3 Å². The minimum Gasteiger partial charge on any atom is -0.378 e. The van der Waals surface area contributed by atoms with E-state index in [-0.39, 0.29) is 0 Å². The Labute approximate surface area is 138 Å². The Morgan fingerprint density at radius 2 is 1.83 bits per heavy atom. The number of rotatable bonds is 3. The predicted molar refractivity (Wildman–Crippen MR) is 93.6 cm³/mol. The zero-order valence-corrected chi connectivity index (χ0v) is 13.4. The standard InChI is InChI=1S/C17H16N4OS/c1-2-4-15-14(3-1)20-16(23-15)6-5-13-11-18-17(19-12-13)21-7-9-22-10-8-21/h1-6,11-12H,7-10H2. The molecule has 0 spiro atoms. The molecule has 0 N–H and O–H groups in total. The first-order valence-electron chi connectivity index (χ1n) is 7.57. The highest BCUT2D eigenvalue weighted by molar-refractivity contribution is 7.19. The van der Waals surface area contributed by atoms with Crippen LogP contribution in [0.4, 0.5) is 5.95 Å². The summed E-state index contributed by atoms with van der Waals surface area (Å²) in [5.74, 6) is 0.769. The summed E-state index contributed by atoms with van der Waals surface area (Å²) in [5.41, 5.74) is 2.01. The molecule has 2 aromatic heterocycles. The molecule has 0 amide bonds. The Bertz CT molecular complexity index is 789. The van der Waals surface area contributed by atoms with Crippen LogP contribution >= 0.6 is 11.3 Å². The highest BCUT2D eigenvalue weighted by Crippen LogP contribution is 2.23. The minimum absolute atomic E-state index is 0.739. The first-order chi connectivity index (χ1) is 11.4. The second-order valence-electron chi connectivity index (χ2n) is 5.27. The van der Waals surface area contributed by atoms with Gasteiger partial charge in [0.2, 0.25) is 5.95 Å². The van der Waals surface area contributed by atoms with Crippen molar-refractivity contribution < 1.29 is 4.74 Å². The molecule has 0 saturated carbocycles. The zero-order chi connectivity index (χ0) is 15.5. The predicted octanol–water partition coefficient (Wildman–Crippen LogP) is 3.09. The number of fused-ring (bicyclic) bond motifs is 1. The van der Waals surface area contributed by atoms with Crippen LogP contribution in [0.1, 0.15) is 10.6 Å². The lowest BCUT2D eigenvalue weighted by atomic mass is 10.3. The van der Waals surface area contributed by atoms with E-state index in [4.69, 9.17) is 4.74 Å². The highest BCUT2D eigenvalue weighted by Gasteiger charge is 2.12. The summed E-state index contributed by atoms with van der Waals surface area (Å²) < 4.78 is 6.54. The molecule has 0 bridgehead atoms. The highest BCUT2D eigenvalue weighted by atomic mass is 32.1. The molecule has 1 aliphatic heterocycles. The van der Waals surface area contributed by atoms with Gasteiger partial charge in [-0.1, -0.05) is 12.1 Å². The van der Waals surface area contributed by atoms with Crippen molar-refractivity contribution in [2.24, 2.45) is 0 Å². The fraction of sp³-hybridized carbons (Fsp3) is 0.235. The number of anilines is 1. The smallest absolute Gasteiger partial charge is 0.225 e. The summed E-state index contributed by atoms with van der Waals surface area (Å²) in [7, 11) is 0. The summed E-state index contributed by atoms with van der Waals surface area (Å²) in [4.78, 5) is 15.6. The van der Waals surface area contributed by atoms with Gasteiger partial charge < -0.3 is 9.64 Å². The molecule has 1 fully saturated rings. The SMILES string of the molecule is C(=Cc1nc2ccccc2s1)c1cnc(N2CCOCC2)nc1. The molecule has 0 radical (unpaired) electrons. The lowest BCUT2D eigenvalue weighted by Crippen LogP contribution is -2.37. The molecule has 3 aromatic rings. The summed E-state index contributed by atoms with van der Waals surface area (Å²) in [6, 6.07) is 8.16. The average molecular weight is 324 g/mol. The molecule has 4 rings (SSSR count). The number of thiazole rings is 1. The normalized spacial score (nSPS) is 15.6. The number of aromatic nitrogens is 3. The topological polar surface area (TPSA) is 51.1 Å². The maximum Gasteiger partial charge on any atom is 0.225 e. The van der Waals surface area contributed by atoms with Gasteiger partial charge in [0.15, 0.2) is 0 Å². The second-order valence-corrected chi connectivity index (χ2v) is 6.33. The second kappa shape index (κ2) is 6.44. The monoisotopic (exact) mass is 324 g/mol. The van der Waals surface area contributed by atoms with Crippen LogP contribution in [0.25, 0.3) is 22.4 Å². The van der Waals surface area contributed by atoms with Gasteiger partial charge in [0.1, 0.15) is 5.01 Å². The van der Waals surface area contributed by atoms with Crippen LogP contribution in [0, 0.1) is 0 Å². The third-order valence-electron chi connectivity index (χ3n) is 3.68. The molecule has 1 aliphatic rings. The molecule has 0 aliphatic carbocycles. The van der Waals surface area contributed by atoms with E-state index in [1.54, 1.807) is 11.3 Å². The number of hydrogen-bond acceptors (Lipinski definition) is 6. The van der Waals surface area contributed by atoms with E-state index >= 15 is 0 Å². The molecule has 6 heteroatoms. The summed E-state index contributed by atoms with van der Waals surface area (Å²) >= 11 is 1.68. The van der Waals surface area contributed by atoms with Gasteiger partial charge in [0.05, 0.1) is 23.4 Å². The summed E-state index contributed by atoms with van der Waals surface area (Å²) in [6.07, 6.45) is 7.71. The quantitative estimate of drug-likeness (QED) is 0.741. The number of para-hydroxylation sites is 1. The van der Waals surface area contributed by atoms with Gasteiger partial charge in [0.25, 0.3) is 0 Å². The third-order valence-corrected chi connectivity index (χ3v) is 4.68. The Hall–Kier alpha value is -2.31. The van der Waals surface area contributed by atoms with Crippen LogP contribution in [0.3, 0.4) is 0 Å². The summed E-state index contributed by atoms with van der Waals surface area (Å²) in [5, 5.41) is 0.989. The van der Waals surface area contributed by atoms with Gasteiger partial charge in [-0.2, -0.15) is 0 Å². The van der Waals surface area contributed by atoms with E-state index in [2.05, 4.69) is 25.9 Å². The van der Waals surface area contributed by atoms with Crippen molar-refractivity contribution >= 4 is 39.7 Å². The van der Waals surface area contributed by atoms with Crippen LogP contribution in [0.15, 0.2) is 36.7 Å². The van der Waals surface area contributed by atoms with Crippen molar-refractivity contribution in [2.75, 3.05) is 31.2 Å². The van der Waals surface area contributed by atoms with Gasteiger partial charge in [0, 0.05) is 31.0 Å². The van der Waals surface area contributed by atoms with Crippen LogP contribution in [0.5, 0.6) is 0 Å². The molecular weight excluding hydrogens is 308 g/mol. The van der Waals surface area contributed by atoms with E-state index in [0.29, 0.717) is 0 Å². The van der Waals surface area contributed by atoms with Gasteiger partial charge in [-0.25, -0.2) is 15.0 Å². The lowest BCUT2D eigenvalue weighted by Gasteiger charge is -2.26. The molecule has 5 nitrogen and oxygen atoms in total. The molecule has 0 atom stereocenters. The van der Waals surface area contributed by atoms with Crippen molar-refractivity contribution in [1.82, 2.24) is 15.0 Å². The van der Waals surface area contributed by atoms with Crippen molar-refractivity contribution in [1.29, 1.82) is 0 Å². The molecule has 1 saturated heterocycles. The number of nitrogens with zero attached hydrogens (tertiary/aromatic N) is 4. The van der Waals surface area contributed by atoms with Gasteiger partial charge >= 0.3 is 0 Å². The average Bonchev–Trinajstić information content (AvgIpc) is 3.04. The molecular formula is C17H16N4OS. The minimum atomic E-state index is 0.739. The Morgan fingerprint density at radius 3 is 2.61 bits per heavy atom. The third kappa shape index (κ3) is 3.23. The van der Waals surface area contributed by atoms with Crippen molar-refractivity contribution in [2.45, 2.75) is 0 Å². The molecule has 23 heavy (non-hydrogen) atoms. The number of hydrogen-bond donors (Lipinski definition) is 0. The van der Waals surface area contributed by atoms with Crippen LogP contribution < -0.4 is 4.90 Å². The van der Waals surface area contributed by atoms with Gasteiger partial charge in [-0.3, -0.25) is 0 Å². The molecule has 3 heterocycles. The van der Waals surface area contributed by atoms with Crippen LogP contribution in [-0.2, 0) is 4.74 Å². The number of benzene rings is 1. The fourth-order valence-electron chi connectivity index (χ4n) is 2.47. The van der Waals surface area contributed by atoms with Crippen LogP contribution in [0.2, 0.25) is 0 Å². The van der Waals surface area contributed by atoms with E-state index < -0.39 is 0 Å². The van der Waals surface area contributed by atoms with Crippen molar-refractivity contribution in [3.05, 3.63) is 47.2 Å². The Morgan fingerprint density at radius 1 is 1.04 bits per heavy atom. The molecule has 0 unspecified atom stereocenters. The molecule has 116 valence electrons. The van der Waals surface area contributed by atoms with E-state index in [9.17, 15) is 0 Å². The number of morpholine rings is 1. The van der Waals surface area contributed by atoms with E-state index in [1.807, 2.05) is 42.7 Å². The molecule has 1 aromatic carbocycles. The largest absolute Gasteiger partial charge is 0.378 e. The van der Waals surface area contributed by atoms with Crippen molar-refractivity contribution in [3.63, 3.8) is 0 Å².